The van der Waals surface area contributed by atoms with Crippen molar-refractivity contribution in [1.82, 2.24) is 5.32 Å². The maximum atomic E-state index is 12.0. The number of fused-ring (bicyclic) bond motifs is 2. The van der Waals surface area contributed by atoms with E-state index >= 15 is 0 Å². The molecular formula is C27H37NO4. The van der Waals surface area contributed by atoms with Crippen LogP contribution < -0.4 is 5.32 Å². The van der Waals surface area contributed by atoms with Gasteiger partial charge >= 0.3 is 5.97 Å². The van der Waals surface area contributed by atoms with Crippen LogP contribution in [0, 0.1) is 11.8 Å². The van der Waals surface area contributed by atoms with Gasteiger partial charge in [-0.05, 0) is 74.6 Å². The molecule has 0 aliphatic carbocycles. The van der Waals surface area contributed by atoms with Crippen molar-refractivity contribution in [1.29, 1.82) is 0 Å². The Bertz CT molecular complexity index is 773. The molecule has 0 radical (unpaired) electrons. The number of nitrogens with one attached hydrogen (secondary N) is 1. The first kappa shape index (κ1) is 24.2. The van der Waals surface area contributed by atoms with E-state index in [1.54, 1.807) is 12.3 Å². The molecule has 0 spiro atoms. The highest BCUT2D eigenvalue weighted by molar-refractivity contribution is 5.91. The number of ketones is 1. The molecule has 5 heteroatoms. The van der Waals surface area contributed by atoms with Gasteiger partial charge < -0.3 is 15.2 Å². The van der Waals surface area contributed by atoms with Crippen LogP contribution in [0.15, 0.2) is 54.8 Å². The second-order valence-corrected chi connectivity index (χ2v) is 9.02. The first-order chi connectivity index (χ1) is 15.6. The van der Waals surface area contributed by atoms with Crippen molar-refractivity contribution in [2.45, 2.75) is 76.4 Å². The van der Waals surface area contributed by atoms with Crippen LogP contribution in [0.5, 0.6) is 0 Å². The van der Waals surface area contributed by atoms with Gasteiger partial charge in [-0.25, -0.2) is 0 Å². The van der Waals surface area contributed by atoms with Crippen molar-refractivity contribution in [2.75, 3.05) is 6.54 Å². The van der Waals surface area contributed by atoms with E-state index < -0.39 is 5.97 Å². The van der Waals surface area contributed by atoms with Crippen LogP contribution >= 0.6 is 0 Å². The highest BCUT2D eigenvalue weighted by atomic mass is 16.5. The third-order valence-electron chi connectivity index (χ3n) is 6.64. The SMILES string of the molecule is O=C(O)CCC/C=C\C[C@H]1[C@@H](CCCCNC=CC(=O)Cc2ccccc2)[C@H]2CC[C@@H]1O2. The summed E-state index contributed by atoms with van der Waals surface area (Å²) in [6.45, 7) is 0.880. The van der Waals surface area contributed by atoms with Gasteiger partial charge in [0.05, 0.1) is 12.2 Å². The normalized spacial score (nSPS) is 24.5. The van der Waals surface area contributed by atoms with E-state index in [2.05, 4.69) is 17.5 Å². The Kier molecular flexibility index (Phi) is 10.0. The van der Waals surface area contributed by atoms with Crippen molar-refractivity contribution in [3.63, 3.8) is 0 Å². The summed E-state index contributed by atoms with van der Waals surface area (Å²) in [7, 11) is 0. The number of allylic oxidation sites excluding steroid dienone is 3. The number of unbranched alkanes of at least 4 members (excludes halogenated alkanes) is 2. The average Bonchev–Trinajstić information content (AvgIpc) is 3.38. The highest BCUT2D eigenvalue weighted by Gasteiger charge is 2.47. The summed E-state index contributed by atoms with van der Waals surface area (Å²) in [5.41, 5.74) is 1.04. The summed E-state index contributed by atoms with van der Waals surface area (Å²) >= 11 is 0. The Labute approximate surface area is 191 Å². The van der Waals surface area contributed by atoms with Crippen LogP contribution in [-0.2, 0) is 20.7 Å². The summed E-state index contributed by atoms with van der Waals surface area (Å²) in [6.07, 6.45) is 17.7. The summed E-state index contributed by atoms with van der Waals surface area (Å²) in [4.78, 5) is 22.6. The smallest absolute Gasteiger partial charge is 0.303 e. The lowest BCUT2D eigenvalue weighted by atomic mass is 9.75. The third-order valence-corrected chi connectivity index (χ3v) is 6.64. The number of aliphatic carboxylic acids is 1. The second-order valence-electron chi connectivity index (χ2n) is 9.02. The fraction of sp³-hybridized carbons (Fsp3) is 0.556. The van der Waals surface area contributed by atoms with Crippen LogP contribution in [0.2, 0.25) is 0 Å². The monoisotopic (exact) mass is 439 g/mol. The molecule has 1 aromatic carbocycles. The molecule has 2 fully saturated rings. The number of hydrogen-bond donors (Lipinski definition) is 2. The Morgan fingerprint density at radius 2 is 1.81 bits per heavy atom. The Morgan fingerprint density at radius 3 is 2.59 bits per heavy atom. The lowest BCUT2D eigenvalue weighted by Crippen LogP contribution is -2.27. The topological polar surface area (TPSA) is 75.6 Å². The van der Waals surface area contributed by atoms with Crippen molar-refractivity contribution in [3.05, 3.63) is 60.3 Å². The van der Waals surface area contributed by atoms with Gasteiger partial charge in [0.15, 0.2) is 5.78 Å². The van der Waals surface area contributed by atoms with Gasteiger partial charge in [-0.15, -0.1) is 0 Å². The molecule has 4 atom stereocenters. The van der Waals surface area contributed by atoms with Gasteiger partial charge in [0.25, 0.3) is 0 Å². The molecular weight excluding hydrogens is 402 g/mol. The molecule has 0 amide bonds. The first-order valence-electron chi connectivity index (χ1n) is 12.1. The van der Waals surface area contributed by atoms with E-state index in [0.29, 0.717) is 36.9 Å². The summed E-state index contributed by atoms with van der Waals surface area (Å²) < 4.78 is 6.20. The van der Waals surface area contributed by atoms with Crippen molar-refractivity contribution >= 4 is 11.8 Å². The zero-order chi connectivity index (χ0) is 22.6. The molecule has 174 valence electrons. The number of hydrogen-bond acceptors (Lipinski definition) is 4. The summed E-state index contributed by atoms with van der Waals surface area (Å²) in [5.74, 6) is 0.638. The molecule has 1 aromatic rings. The predicted molar refractivity (Wildman–Crippen MR) is 126 cm³/mol. The van der Waals surface area contributed by atoms with E-state index in [0.717, 1.165) is 37.8 Å². The molecule has 2 N–H and O–H groups in total. The lowest BCUT2D eigenvalue weighted by molar-refractivity contribution is -0.137. The number of ether oxygens (including phenoxy) is 1. The molecule has 32 heavy (non-hydrogen) atoms. The largest absolute Gasteiger partial charge is 0.481 e. The average molecular weight is 440 g/mol. The van der Waals surface area contributed by atoms with E-state index in [9.17, 15) is 9.59 Å². The van der Waals surface area contributed by atoms with Gasteiger partial charge in [-0.2, -0.15) is 0 Å². The van der Waals surface area contributed by atoms with Crippen LogP contribution in [-0.4, -0.2) is 35.6 Å². The van der Waals surface area contributed by atoms with Crippen LogP contribution in [0.1, 0.15) is 63.4 Å². The van der Waals surface area contributed by atoms with E-state index in [1.807, 2.05) is 30.3 Å². The zero-order valence-electron chi connectivity index (χ0n) is 19.0. The van der Waals surface area contributed by atoms with Crippen molar-refractivity contribution in [3.8, 4) is 0 Å². The van der Waals surface area contributed by atoms with Crippen LogP contribution in [0.25, 0.3) is 0 Å². The number of carboxylic acids is 1. The van der Waals surface area contributed by atoms with Gasteiger partial charge in [0.1, 0.15) is 0 Å². The lowest BCUT2D eigenvalue weighted by Gasteiger charge is -2.27. The standard InChI is InChI=1S/C27H37NO4/c29-22(20-21-10-4-3-5-11-21)17-19-28-18-9-8-13-24-23(25-15-16-26(24)32-25)12-6-1-2-7-14-27(30)31/h1,3-6,10-11,17,19,23-26,28H,2,7-9,12-16,18,20H2,(H,30,31)/b6-1-,19-17?/t23-,24+,25-,26+/m0/s1. The Balaban J connectivity index is 1.29. The minimum atomic E-state index is -0.719. The van der Waals surface area contributed by atoms with Crippen LogP contribution in [0.3, 0.4) is 0 Å². The number of rotatable bonds is 15. The maximum Gasteiger partial charge on any atom is 0.303 e. The fourth-order valence-corrected chi connectivity index (χ4v) is 5.04. The van der Waals surface area contributed by atoms with Gasteiger partial charge in [0, 0.05) is 19.4 Å². The summed E-state index contributed by atoms with van der Waals surface area (Å²) in [5, 5.41) is 12.0. The molecule has 3 rings (SSSR count). The molecule has 2 aliphatic heterocycles. The Morgan fingerprint density at radius 1 is 1.03 bits per heavy atom. The molecule has 0 aromatic heterocycles. The molecule has 2 saturated heterocycles. The van der Waals surface area contributed by atoms with E-state index in [-0.39, 0.29) is 12.2 Å². The zero-order valence-corrected chi connectivity index (χ0v) is 19.0. The molecule has 5 nitrogen and oxygen atoms in total. The number of carboxylic acid groups (broad SMARTS) is 1. The molecule has 0 saturated carbocycles. The van der Waals surface area contributed by atoms with Gasteiger partial charge in [-0.3, -0.25) is 9.59 Å². The molecule has 0 unspecified atom stereocenters. The minimum Gasteiger partial charge on any atom is -0.481 e. The number of benzene rings is 1. The molecule has 2 heterocycles. The van der Waals surface area contributed by atoms with Crippen LogP contribution in [0.4, 0.5) is 0 Å². The fourth-order valence-electron chi connectivity index (χ4n) is 5.04. The van der Waals surface area contributed by atoms with Gasteiger partial charge in [-0.1, -0.05) is 48.9 Å². The Hall–Kier alpha value is -2.40. The maximum absolute atomic E-state index is 12.0. The number of carbonyl (C=O) groups is 2. The van der Waals surface area contributed by atoms with Crippen molar-refractivity contribution < 1.29 is 19.4 Å². The summed E-state index contributed by atoms with van der Waals surface area (Å²) in [6, 6.07) is 9.81. The van der Waals surface area contributed by atoms with E-state index in [4.69, 9.17) is 9.84 Å². The predicted octanol–water partition coefficient (Wildman–Crippen LogP) is 5.07. The first-order valence-corrected chi connectivity index (χ1v) is 12.1. The molecule has 2 bridgehead atoms. The van der Waals surface area contributed by atoms with E-state index in [1.165, 1.54) is 19.3 Å². The minimum absolute atomic E-state index is 0.113. The number of carbonyl (C=O) groups excluding carboxylic acids is 1. The third kappa shape index (κ3) is 7.94. The second kappa shape index (κ2) is 13.2. The van der Waals surface area contributed by atoms with Crippen molar-refractivity contribution in [2.24, 2.45) is 11.8 Å². The highest BCUT2D eigenvalue weighted by Crippen LogP contribution is 2.47. The quantitative estimate of drug-likeness (QED) is 0.227. The molecule has 2 aliphatic rings. The van der Waals surface area contributed by atoms with Gasteiger partial charge in [0.2, 0.25) is 0 Å².